The maximum Gasteiger partial charge on any atom is 0.406 e. The summed E-state index contributed by atoms with van der Waals surface area (Å²) in [5.74, 6) is -2.41. The fraction of sp³-hybridized carbons (Fsp3) is 0.500. The van der Waals surface area contributed by atoms with Crippen molar-refractivity contribution in [2.45, 2.75) is 32.9 Å². The van der Waals surface area contributed by atoms with Gasteiger partial charge in [-0.1, -0.05) is 18.2 Å². The monoisotopic (exact) mass is 329 g/mol. The van der Waals surface area contributed by atoms with Gasteiger partial charge >= 0.3 is 12.1 Å². The van der Waals surface area contributed by atoms with E-state index in [1.54, 1.807) is 6.07 Å². The summed E-state index contributed by atoms with van der Waals surface area (Å²) < 4.78 is 39.3. The third kappa shape index (κ3) is 3.18. The molecule has 126 valence electrons. The second-order valence-electron chi connectivity index (χ2n) is 6.05. The number of carbonyl (C=O) groups is 2. The summed E-state index contributed by atoms with van der Waals surface area (Å²) >= 11 is 0. The van der Waals surface area contributed by atoms with Crippen LogP contribution in [0.25, 0.3) is 0 Å². The molecular formula is C16H18F3NO3. The van der Waals surface area contributed by atoms with Crippen molar-refractivity contribution in [2.24, 2.45) is 5.41 Å². The number of amides is 1. The molecule has 7 heteroatoms. The summed E-state index contributed by atoms with van der Waals surface area (Å²) in [6, 6.07) is 5.42. The SMILES string of the molecule is Cc1ccc(CC(=O)N2CCC(C(=O)O)(C(F)(F)F)C2)cc1C. The van der Waals surface area contributed by atoms with Gasteiger partial charge in [0.05, 0.1) is 6.42 Å². The Morgan fingerprint density at radius 1 is 1.26 bits per heavy atom. The highest BCUT2D eigenvalue weighted by Gasteiger charge is 2.64. The lowest BCUT2D eigenvalue weighted by Crippen LogP contribution is -2.47. The van der Waals surface area contributed by atoms with Crippen LogP contribution in [0, 0.1) is 19.3 Å². The van der Waals surface area contributed by atoms with E-state index in [4.69, 9.17) is 5.11 Å². The number of aryl methyl sites for hydroxylation is 2. The van der Waals surface area contributed by atoms with Crippen molar-refractivity contribution in [3.05, 3.63) is 34.9 Å². The average Bonchev–Trinajstić information content (AvgIpc) is 2.89. The molecular weight excluding hydrogens is 311 g/mol. The first-order chi connectivity index (χ1) is 10.6. The lowest BCUT2D eigenvalue weighted by atomic mass is 9.86. The minimum atomic E-state index is -4.88. The zero-order valence-corrected chi connectivity index (χ0v) is 12.9. The molecule has 1 heterocycles. The molecule has 0 saturated carbocycles. The molecule has 1 fully saturated rings. The minimum Gasteiger partial charge on any atom is -0.481 e. The van der Waals surface area contributed by atoms with Gasteiger partial charge in [-0.3, -0.25) is 9.59 Å². The second-order valence-corrected chi connectivity index (χ2v) is 6.05. The lowest BCUT2D eigenvalue weighted by Gasteiger charge is -2.27. The number of aliphatic carboxylic acids is 1. The summed E-state index contributed by atoms with van der Waals surface area (Å²) in [7, 11) is 0. The molecule has 4 nitrogen and oxygen atoms in total. The van der Waals surface area contributed by atoms with Gasteiger partial charge in [-0.25, -0.2) is 0 Å². The molecule has 0 bridgehead atoms. The Morgan fingerprint density at radius 3 is 2.39 bits per heavy atom. The normalized spacial score (nSPS) is 21.5. The Kier molecular flexibility index (Phi) is 4.41. The minimum absolute atomic E-state index is 0.0331. The third-order valence-corrected chi connectivity index (χ3v) is 4.50. The van der Waals surface area contributed by atoms with Gasteiger partial charge in [-0.2, -0.15) is 13.2 Å². The number of alkyl halides is 3. The predicted molar refractivity (Wildman–Crippen MR) is 76.9 cm³/mol. The van der Waals surface area contributed by atoms with Gasteiger partial charge in [0.15, 0.2) is 5.41 Å². The Labute approximate surface area is 131 Å². The Balaban J connectivity index is 2.13. The highest BCUT2D eigenvalue weighted by atomic mass is 19.4. The van der Waals surface area contributed by atoms with E-state index >= 15 is 0 Å². The first-order valence-electron chi connectivity index (χ1n) is 7.21. The Morgan fingerprint density at radius 2 is 1.91 bits per heavy atom. The van der Waals surface area contributed by atoms with Gasteiger partial charge in [0.1, 0.15) is 0 Å². The van der Waals surface area contributed by atoms with Crippen molar-refractivity contribution in [1.82, 2.24) is 4.90 Å². The molecule has 0 aromatic heterocycles. The number of likely N-dealkylation sites (tertiary alicyclic amines) is 1. The molecule has 23 heavy (non-hydrogen) atoms. The van der Waals surface area contributed by atoms with Crippen molar-refractivity contribution in [3.8, 4) is 0 Å². The maximum absolute atomic E-state index is 13.1. The summed E-state index contributed by atoms with van der Waals surface area (Å²) in [6.45, 7) is 2.79. The molecule has 1 atom stereocenters. The van der Waals surface area contributed by atoms with Crippen molar-refractivity contribution in [2.75, 3.05) is 13.1 Å². The van der Waals surface area contributed by atoms with Crippen LogP contribution in [-0.2, 0) is 16.0 Å². The summed E-state index contributed by atoms with van der Waals surface area (Å²) in [6.07, 6.45) is -5.52. The number of carboxylic acids is 1. The molecule has 1 aliphatic rings. The van der Waals surface area contributed by atoms with Crippen LogP contribution in [-0.4, -0.2) is 41.1 Å². The van der Waals surface area contributed by atoms with Gasteiger partial charge in [0, 0.05) is 13.1 Å². The fourth-order valence-electron chi connectivity index (χ4n) is 2.75. The second kappa shape index (κ2) is 5.86. The standard InChI is InChI=1S/C16H18F3NO3/c1-10-3-4-12(7-11(10)2)8-13(21)20-6-5-15(9-20,14(22)23)16(17,18)19/h3-4,7H,5-6,8-9H2,1-2H3,(H,22,23). The number of halogens is 3. The van der Waals surface area contributed by atoms with E-state index in [9.17, 15) is 22.8 Å². The Bertz CT molecular complexity index is 642. The highest BCUT2D eigenvalue weighted by molar-refractivity contribution is 5.82. The van der Waals surface area contributed by atoms with Gasteiger partial charge in [-0.05, 0) is 37.0 Å². The summed E-state index contributed by atoms with van der Waals surface area (Å²) in [4.78, 5) is 24.3. The number of hydrogen-bond donors (Lipinski definition) is 1. The van der Waals surface area contributed by atoms with Gasteiger partial charge in [0.25, 0.3) is 0 Å². The van der Waals surface area contributed by atoms with E-state index in [0.717, 1.165) is 16.0 Å². The van der Waals surface area contributed by atoms with Gasteiger partial charge in [0.2, 0.25) is 5.91 Å². The molecule has 0 aliphatic carbocycles. The third-order valence-electron chi connectivity index (χ3n) is 4.50. The van der Waals surface area contributed by atoms with E-state index in [1.807, 2.05) is 26.0 Å². The van der Waals surface area contributed by atoms with E-state index in [-0.39, 0.29) is 13.0 Å². The van der Waals surface area contributed by atoms with Crippen molar-refractivity contribution >= 4 is 11.9 Å². The summed E-state index contributed by atoms with van der Waals surface area (Å²) in [5, 5.41) is 9.00. The van der Waals surface area contributed by atoms with Gasteiger partial charge in [-0.15, -0.1) is 0 Å². The molecule has 0 spiro atoms. The number of hydrogen-bond acceptors (Lipinski definition) is 2. The van der Waals surface area contributed by atoms with E-state index in [1.165, 1.54) is 0 Å². The zero-order chi connectivity index (χ0) is 17.4. The number of carbonyl (C=O) groups excluding carboxylic acids is 1. The largest absolute Gasteiger partial charge is 0.481 e. The molecule has 1 aromatic carbocycles. The van der Waals surface area contributed by atoms with Crippen LogP contribution in [0.3, 0.4) is 0 Å². The molecule has 1 aromatic rings. The molecule has 1 unspecified atom stereocenters. The molecule has 2 rings (SSSR count). The molecule has 1 N–H and O–H groups in total. The van der Waals surface area contributed by atoms with E-state index in [2.05, 4.69) is 0 Å². The molecule has 1 amide bonds. The number of nitrogens with zero attached hydrogens (tertiary/aromatic N) is 1. The molecule has 1 aliphatic heterocycles. The predicted octanol–water partition coefficient (Wildman–Crippen LogP) is 2.71. The van der Waals surface area contributed by atoms with Crippen molar-refractivity contribution in [3.63, 3.8) is 0 Å². The van der Waals surface area contributed by atoms with Crippen LogP contribution in [0.5, 0.6) is 0 Å². The Hall–Kier alpha value is -2.05. The topological polar surface area (TPSA) is 57.6 Å². The van der Waals surface area contributed by atoms with Crippen LogP contribution in [0.4, 0.5) is 13.2 Å². The van der Waals surface area contributed by atoms with Crippen molar-refractivity contribution in [1.29, 1.82) is 0 Å². The summed E-state index contributed by atoms with van der Waals surface area (Å²) in [5.41, 5.74) is -0.0968. The highest BCUT2D eigenvalue weighted by Crippen LogP contribution is 2.45. The maximum atomic E-state index is 13.1. The molecule has 1 saturated heterocycles. The fourth-order valence-corrected chi connectivity index (χ4v) is 2.75. The first kappa shape index (κ1) is 17.3. The van der Waals surface area contributed by atoms with Crippen LogP contribution in [0.1, 0.15) is 23.1 Å². The van der Waals surface area contributed by atoms with Crippen LogP contribution in [0.15, 0.2) is 18.2 Å². The molecule has 0 radical (unpaired) electrons. The van der Waals surface area contributed by atoms with Crippen LogP contribution < -0.4 is 0 Å². The van der Waals surface area contributed by atoms with Crippen LogP contribution >= 0.6 is 0 Å². The van der Waals surface area contributed by atoms with E-state index < -0.39 is 36.4 Å². The lowest BCUT2D eigenvalue weighted by molar-refractivity contribution is -0.227. The zero-order valence-electron chi connectivity index (χ0n) is 12.9. The number of benzene rings is 1. The van der Waals surface area contributed by atoms with Crippen LogP contribution in [0.2, 0.25) is 0 Å². The van der Waals surface area contributed by atoms with E-state index in [0.29, 0.717) is 5.56 Å². The average molecular weight is 329 g/mol. The number of carboxylic acid groups (broad SMARTS) is 1. The quantitative estimate of drug-likeness (QED) is 0.928. The first-order valence-corrected chi connectivity index (χ1v) is 7.21. The van der Waals surface area contributed by atoms with Crippen molar-refractivity contribution < 1.29 is 27.9 Å². The van der Waals surface area contributed by atoms with Gasteiger partial charge < -0.3 is 10.0 Å². The number of rotatable bonds is 3. The smallest absolute Gasteiger partial charge is 0.406 e.